The van der Waals surface area contributed by atoms with E-state index in [4.69, 9.17) is 9.72 Å². The molecule has 0 aliphatic carbocycles. The normalized spacial score (nSPS) is 16.9. The Morgan fingerprint density at radius 1 is 1.10 bits per heavy atom. The fourth-order valence-electron chi connectivity index (χ4n) is 3.62. The van der Waals surface area contributed by atoms with Crippen LogP contribution in [0, 0.1) is 0 Å². The highest BCUT2D eigenvalue weighted by atomic mass is 32.1. The molecular formula is C20H19N7OS. The summed E-state index contributed by atoms with van der Waals surface area (Å²) >= 11 is 1.58. The molecule has 0 spiro atoms. The first-order valence-electron chi connectivity index (χ1n) is 9.46. The van der Waals surface area contributed by atoms with Crippen LogP contribution in [0.25, 0.3) is 21.6 Å². The van der Waals surface area contributed by atoms with E-state index in [0.717, 1.165) is 58.4 Å². The van der Waals surface area contributed by atoms with Crippen LogP contribution in [0.2, 0.25) is 0 Å². The predicted molar refractivity (Wildman–Crippen MR) is 111 cm³/mol. The average molecular weight is 405 g/mol. The molecule has 0 saturated carbocycles. The molecule has 8 nitrogen and oxygen atoms in total. The number of para-hydroxylation sites is 2. The van der Waals surface area contributed by atoms with Crippen molar-refractivity contribution < 1.29 is 4.74 Å². The summed E-state index contributed by atoms with van der Waals surface area (Å²) in [5, 5.41) is 10.6. The van der Waals surface area contributed by atoms with Crippen LogP contribution in [0.4, 0.5) is 5.82 Å². The van der Waals surface area contributed by atoms with Crippen LogP contribution < -0.4 is 9.64 Å². The Kier molecular flexibility index (Phi) is 4.73. The number of fused-ring (bicyclic) bond motifs is 1. The lowest BCUT2D eigenvalue weighted by atomic mass is 9.99. The number of piperidine rings is 1. The SMILES string of the molecule is COc1ncncc1-c1nnc(C2CCCN(c3cnc4ccccc4n3)C2)s1. The molecule has 146 valence electrons. The minimum atomic E-state index is 0.305. The number of ether oxygens (including phenoxy) is 1. The van der Waals surface area contributed by atoms with Crippen LogP contribution in [-0.4, -0.2) is 50.3 Å². The van der Waals surface area contributed by atoms with E-state index in [1.54, 1.807) is 24.6 Å². The van der Waals surface area contributed by atoms with Gasteiger partial charge >= 0.3 is 0 Å². The maximum Gasteiger partial charge on any atom is 0.226 e. The first kappa shape index (κ1) is 17.9. The van der Waals surface area contributed by atoms with Gasteiger partial charge in [-0.25, -0.2) is 15.0 Å². The molecule has 5 rings (SSSR count). The Morgan fingerprint density at radius 3 is 2.90 bits per heavy atom. The van der Waals surface area contributed by atoms with Gasteiger partial charge < -0.3 is 9.64 Å². The summed E-state index contributed by atoms with van der Waals surface area (Å²) in [6.45, 7) is 1.82. The van der Waals surface area contributed by atoms with Crippen molar-refractivity contribution in [2.45, 2.75) is 18.8 Å². The molecule has 1 atom stereocenters. The Hall–Kier alpha value is -3.20. The smallest absolute Gasteiger partial charge is 0.226 e. The standard InChI is InChI=1S/C20H19N7OS/c1-28-18-14(9-21-12-23-18)20-26-25-19(29-20)13-5-4-8-27(11-13)17-10-22-15-6-2-3-7-16(15)24-17/h2-3,6-7,9-10,12-13H,4-5,8,11H2,1H3. The minimum Gasteiger partial charge on any atom is -0.480 e. The molecule has 1 aromatic carbocycles. The van der Waals surface area contributed by atoms with Crippen LogP contribution >= 0.6 is 11.3 Å². The number of aromatic nitrogens is 6. The Labute approximate surface area is 171 Å². The number of methoxy groups -OCH3 is 1. The highest BCUT2D eigenvalue weighted by Crippen LogP contribution is 2.35. The number of benzene rings is 1. The molecule has 1 aliphatic heterocycles. The predicted octanol–water partition coefficient (Wildman–Crippen LogP) is 3.33. The highest BCUT2D eigenvalue weighted by molar-refractivity contribution is 7.14. The van der Waals surface area contributed by atoms with Gasteiger partial charge in [-0.2, -0.15) is 0 Å². The molecule has 1 aliphatic rings. The van der Waals surface area contributed by atoms with Crippen LogP contribution in [0.15, 0.2) is 43.0 Å². The summed E-state index contributed by atoms with van der Waals surface area (Å²) in [5.74, 6) is 1.73. The molecule has 1 unspecified atom stereocenters. The highest BCUT2D eigenvalue weighted by Gasteiger charge is 2.26. The Balaban J connectivity index is 1.39. The van der Waals surface area contributed by atoms with Crippen LogP contribution in [0.1, 0.15) is 23.8 Å². The van der Waals surface area contributed by atoms with E-state index in [9.17, 15) is 0 Å². The molecule has 0 bridgehead atoms. The second-order valence-corrected chi connectivity index (χ2v) is 7.90. The van der Waals surface area contributed by atoms with Gasteiger partial charge in [-0.3, -0.25) is 4.98 Å². The van der Waals surface area contributed by atoms with Crippen LogP contribution in [0.3, 0.4) is 0 Å². The van der Waals surface area contributed by atoms with Crippen molar-refractivity contribution in [2.75, 3.05) is 25.1 Å². The third-order valence-corrected chi connectivity index (χ3v) is 6.19. The number of rotatable bonds is 4. The van der Waals surface area contributed by atoms with Gasteiger partial charge in [-0.15, -0.1) is 10.2 Å². The van der Waals surface area contributed by atoms with Gasteiger partial charge in [0.25, 0.3) is 0 Å². The zero-order chi connectivity index (χ0) is 19.6. The van der Waals surface area contributed by atoms with Crippen molar-refractivity contribution in [2.24, 2.45) is 0 Å². The van der Waals surface area contributed by atoms with Crippen molar-refractivity contribution in [3.05, 3.63) is 48.0 Å². The van der Waals surface area contributed by atoms with Gasteiger partial charge in [0.15, 0.2) is 5.01 Å². The zero-order valence-electron chi connectivity index (χ0n) is 15.9. The summed E-state index contributed by atoms with van der Waals surface area (Å²) in [6, 6.07) is 7.95. The number of anilines is 1. The van der Waals surface area contributed by atoms with Gasteiger partial charge in [0.1, 0.15) is 17.2 Å². The van der Waals surface area contributed by atoms with E-state index >= 15 is 0 Å². The monoisotopic (exact) mass is 405 g/mol. The quantitative estimate of drug-likeness (QED) is 0.511. The van der Waals surface area contributed by atoms with E-state index in [0.29, 0.717) is 11.8 Å². The third-order valence-electron chi connectivity index (χ3n) is 5.07. The van der Waals surface area contributed by atoms with E-state index < -0.39 is 0 Å². The molecule has 29 heavy (non-hydrogen) atoms. The summed E-state index contributed by atoms with van der Waals surface area (Å²) < 4.78 is 5.33. The van der Waals surface area contributed by atoms with Crippen molar-refractivity contribution in [3.63, 3.8) is 0 Å². The second kappa shape index (κ2) is 7.67. The lowest BCUT2D eigenvalue weighted by molar-refractivity contribution is 0.398. The molecule has 0 N–H and O–H groups in total. The average Bonchev–Trinajstić information content (AvgIpc) is 3.29. The molecule has 0 amide bonds. The lowest BCUT2D eigenvalue weighted by Gasteiger charge is -2.32. The summed E-state index contributed by atoms with van der Waals surface area (Å²) in [6.07, 6.45) is 7.20. The Morgan fingerprint density at radius 2 is 2.00 bits per heavy atom. The fourth-order valence-corrected chi connectivity index (χ4v) is 4.59. The second-order valence-electron chi connectivity index (χ2n) is 6.89. The fraction of sp³-hybridized carbons (Fsp3) is 0.300. The Bertz CT molecular complexity index is 1150. The van der Waals surface area contributed by atoms with Gasteiger partial charge in [0, 0.05) is 25.2 Å². The molecule has 4 aromatic rings. The zero-order valence-corrected chi connectivity index (χ0v) is 16.7. The molecular weight excluding hydrogens is 386 g/mol. The number of nitrogens with zero attached hydrogens (tertiary/aromatic N) is 7. The number of hydrogen-bond donors (Lipinski definition) is 0. The van der Waals surface area contributed by atoms with E-state index in [-0.39, 0.29) is 0 Å². The van der Waals surface area contributed by atoms with E-state index in [2.05, 4.69) is 30.0 Å². The van der Waals surface area contributed by atoms with Crippen LogP contribution in [-0.2, 0) is 0 Å². The lowest BCUT2D eigenvalue weighted by Crippen LogP contribution is -2.35. The first-order valence-corrected chi connectivity index (χ1v) is 10.3. The summed E-state index contributed by atoms with van der Waals surface area (Å²) in [4.78, 5) is 19.9. The van der Waals surface area contributed by atoms with Crippen molar-refractivity contribution in [1.82, 2.24) is 30.1 Å². The van der Waals surface area contributed by atoms with Crippen molar-refractivity contribution in [3.8, 4) is 16.5 Å². The van der Waals surface area contributed by atoms with Crippen molar-refractivity contribution >= 4 is 28.2 Å². The van der Waals surface area contributed by atoms with Gasteiger partial charge in [0.2, 0.25) is 5.88 Å². The molecule has 1 saturated heterocycles. The summed E-state index contributed by atoms with van der Waals surface area (Å²) in [7, 11) is 1.59. The van der Waals surface area contributed by atoms with E-state index in [1.807, 2.05) is 30.5 Å². The first-order chi connectivity index (χ1) is 14.3. The maximum atomic E-state index is 5.33. The molecule has 0 radical (unpaired) electrons. The van der Waals surface area contributed by atoms with E-state index in [1.165, 1.54) is 6.33 Å². The van der Waals surface area contributed by atoms with Gasteiger partial charge in [-0.05, 0) is 25.0 Å². The maximum absolute atomic E-state index is 5.33. The largest absolute Gasteiger partial charge is 0.480 e. The van der Waals surface area contributed by atoms with Crippen molar-refractivity contribution in [1.29, 1.82) is 0 Å². The summed E-state index contributed by atoms with van der Waals surface area (Å²) in [5.41, 5.74) is 2.60. The third kappa shape index (κ3) is 3.49. The molecule has 1 fully saturated rings. The molecule has 4 heterocycles. The van der Waals surface area contributed by atoms with Gasteiger partial charge in [-0.1, -0.05) is 23.5 Å². The topological polar surface area (TPSA) is 89.8 Å². The van der Waals surface area contributed by atoms with Crippen LogP contribution in [0.5, 0.6) is 5.88 Å². The molecule has 3 aromatic heterocycles. The number of hydrogen-bond acceptors (Lipinski definition) is 9. The van der Waals surface area contributed by atoms with Gasteiger partial charge in [0.05, 0.1) is 29.9 Å². The minimum absolute atomic E-state index is 0.305. The molecule has 9 heteroatoms.